The Hall–Kier alpha value is -2.57. The summed E-state index contributed by atoms with van der Waals surface area (Å²) in [6, 6.07) is 8.22. The minimum Gasteiger partial charge on any atom is -0.480 e. The van der Waals surface area contributed by atoms with Gasteiger partial charge >= 0.3 is 12.1 Å². The molecule has 150 valence electrons. The minimum atomic E-state index is -1.07. The maximum Gasteiger partial charge on any atom is 0.407 e. The van der Waals surface area contributed by atoms with Gasteiger partial charge in [-0.05, 0) is 12.0 Å². The molecule has 7 nitrogen and oxygen atoms in total. The van der Waals surface area contributed by atoms with Crippen molar-refractivity contribution < 1.29 is 24.2 Å². The molecule has 0 bridgehead atoms. The fraction of sp³-hybridized carbons (Fsp3) is 0.550. The third-order valence-electron chi connectivity index (χ3n) is 4.09. The Bertz CT molecular complexity index is 577. The van der Waals surface area contributed by atoms with Crippen LogP contribution in [0.4, 0.5) is 4.79 Å². The van der Waals surface area contributed by atoms with Crippen molar-refractivity contribution in [1.29, 1.82) is 0 Å². The van der Waals surface area contributed by atoms with E-state index < -0.39 is 24.0 Å². The van der Waals surface area contributed by atoms with Crippen LogP contribution in [0.15, 0.2) is 30.3 Å². The highest BCUT2D eigenvalue weighted by Crippen LogP contribution is 2.09. The first-order chi connectivity index (χ1) is 13.0. The number of carboxylic acid groups (broad SMARTS) is 1. The number of ether oxygens (including phenoxy) is 1. The molecule has 0 radical (unpaired) electrons. The third kappa shape index (κ3) is 10.9. The Kier molecular flexibility index (Phi) is 11.3. The van der Waals surface area contributed by atoms with E-state index in [1.807, 2.05) is 30.3 Å². The number of carbonyl (C=O) groups excluding carboxylic acids is 2. The summed E-state index contributed by atoms with van der Waals surface area (Å²) in [5, 5.41) is 14.0. The fourth-order valence-corrected chi connectivity index (χ4v) is 2.56. The van der Waals surface area contributed by atoms with Crippen LogP contribution in [0, 0.1) is 0 Å². The molecule has 3 N–H and O–H groups in total. The zero-order valence-corrected chi connectivity index (χ0v) is 15.9. The van der Waals surface area contributed by atoms with Gasteiger partial charge in [-0.25, -0.2) is 9.59 Å². The molecular weight excluding hydrogens is 348 g/mol. The molecule has 27 heavy (non-hydrogen) atoms. The lowest BCUT2D eigenvalue weighted by Gasteiger charge is -2.15. The summed E-state index contributed by atoms with van der Waals surface area (Å²) in [4.78, 5) is 34.7. The van der Waals surface area contributed by atoms with E-state index in [0.717, 1.165) is 37.7 Å². The summed E-state index contributed by atoms with van der Waals surface area (Å²) < 4.78 is 5.00. The smallest absolute Gasteiger partial charge is 0.407 e. The van der Waals surface area contributed by atoms with Crippen LogP contribution in [0.1, 0.15) is 57.4 Å². The standard InChI is InChI=1S/C20H30N2O5/c1-2-3-4-5-6-10-13-17(19(24)25)22-18(23)14-21-20(26)27-15-16-11-8-7-9-12-16/h7-9,11-12,17H,2-6,10,13-15H2,1H3,(H,21,26)(H,22,23)(H,24,25)/t17-/m0/s1. The summed E-state index contributed by atoms with van der Waals surface area (Å²) in [5.74, 6) is -1.62. The van der Waals surface area contributed by atoms with E-state index in [0.29, 0.717) is 6.42 Å². The number of aliphatic carboxylic acids is 1. The largest absolute Gasteiger partial charge is 0.480 e. The molecule has 0 saturated heterocycles. The summed E-state index contributed by atoms with van der Waals surface area (Å²) in [7, 11) is 0. The van der Waals surface area contributed by atoms with Crippen molar-refractivity contribution in [1.82, 2.24) is 10.6 Å². The predicted octanol–water partition coefficient (Wildman–Crippen LogP) is 3.23. The molecule has 1 aromatic carbocycles. The van der Waals surface area contributed by atoms with Crippen molar-refractivity contribution in [2.75, 3.05) is 6.54 Å². The van der Waals surface area contributed by atoms with E-state index in [4.69, 9.17) is 4.74 Å². The number of nitrogens with one attached hydrogen (secondary N) is 2. The zero-order chi connectivity index (χ0) is 19.9. The van der Waals surface area contributed by atoms with Crippen molar-refractivity contribution in [3.63, 3.8) is 0 Å². The number of carbonyl (C=O) groups is 3. The first-order valence-corrected chi connectivity index (χ1v) is 9.49. The van der Waals surface area contributed by atoms with Crippen molar-refractivity contribution in [3.05, 3.63) is 35.9 Å². The molecular formula is C20H30N2O5. The Labute approximate surface area is 160 Å². The molecule has 0 aliphatic carbocycles. The first-order valence-electron chi connectivity index (χ1n) is 9.49. The van der Waals surface area contributed by atoms with Crippen LogP contribution in [-0.4, -0.2) is 35.7 Å². The molecule has 1 aromatic rings. The van der Waals surface area contributed by atoms with Gasteiger partial charge in [0.1, 0.15) is 19.2 Å². The van der Waals surface area contributed by atoms with Crippen LogP contribution in [0.3, 0.4) is 0 Å². The van der Waals surface area contributed by atoms with Gasteiger partial charge < -0.3 is 20.5 Å². The fourth-order valence-electron chi connectivity index (χ4n) is 2.56. The molecule has 2 amide bonds. The van der Waals surface area contributed by atoms with Gasteiger partial charge in [0.25, 0.3) is 0 Å². The molecule has 0 heterocycles. The van der Waals surface area contributed by atoms with E-state index in [9.17, 15) is 19.5 Å². The van der Waals surface area contributed by atoms with E-state index in [1.54, 1.807) is 0 Å². The third-order valence-corrected chi connectivity index (χ3v) is 4.09. The summed E-state index contributed by atoms with van der Waals surface area (Å²) in [6.45, 7) is 1.92. The Balaban J connectivity index is 2.22. The molecule has 1 atom stereocenters. The average molecular weight is 378 g/mol. The van der Waals surface area contributed by atoms with Crippen LogP contribution < -0.4 is 10.6 Å². The zero-order valence-electron chi connectivity index (χ0n) is 15.9. The second-order valence-electron chi connectivity index (χ2n) is 6.43. The molecule has 0 aromatic heterocycles. The summed E-state index contributed by atoms with van der Waals surface area (Å²) in [5.41, 5.74) is 0.835. The van der Waals surface area contributed by atoms with E-state index in [-0.39, 0.29) is 13.2 Å². The number of alkyl carbamates (subject to hydrolysis) is 1. The minimum absolute atomic E-state index is 0.101. The van der Waals surface area contributed by atoms with Crippen LogP contribution in [-0.2, 0) is 20.9 Å². The Morgan fingerprint density at radius 3 is 2.37 bits per heavy atom. The normalized spacial score (nSPS) is 11.4. The molecule has 0 saturated carbocycles. The number of carboxylic acids is 1. The van der Waals surface area contributed by atoms with Gasteiger partial charge in [-0.15, -0.1) is 0 Å². The Morgan fingerprint density at radius 1 is 1.04 bits per heavy atom. The Morgan fingerprint density at radius 2 is 1.70 bits per heavy atom. The van der Waals surface area contributed by atoms with Gasteiger partial charge in [0.2, 0.25) is 5.91 Å². The maximum atomic E-state index is 11.9. The van der Waals surface area contributed by atoms with Crippen LogP contribution in [0.25, 0.3) is 0 Å². The van der Waals surface area contributed by atoms with Gasteiger partial charge in [-0.3, -0.25) is 4.79 Å². The monoisotopic (exact) mass is 378 g/mol. The van der Waals surface area contributed by atoms with Crippen LogP contribution in [0.5, 0.6) is 0 Å². The summed E-state index contributed by atoms with van der Waals surface area (Å²) >= 11 is 0. The van der Waals surface area contributed by atoms with Crippen molar-refractivity contribution in [2.45, 2.75) is 64.5 Å². The van der Waals surface area contributed by atoms with Gasteiger partial charge in [0, 0.05) is 0 Å². The van der Waals surface area contributed by atoms with Gasteiger partial charge in [0.15, 0.2) is 0 Å². The molecule has 7 heteroatoms. The quantitative estimate of drug-likeness (QED) is 0.457. The number of rotatable bonds is 13. The lowest BCUT2D eigenvalue weighted by atomic mass is 10.1. The van der Waals surface area contributed by atoms with Crippen molar-refractivity contribution in [3.8, 4) is 0 Å². The van der Waals surface area contributed by atoms with Gasteiger partial charge in [-0.2, -0.15) is 0 Å². The highest BCUT2D eigenvalue weighted by Gasteiger charge is 2.19. The highest BCUT2D eigenvalue weighted by molar-refractivity contribution is 5.86. The number of unbranched alkanes of at least 4 members (excludes halogenated alkanes) is 5. The molecule has 0 fully saturated rings. The highest BCUT2D eigenvalue weighted by atomic mass is 16.5. The average Bonchev–Trinajstić information content (AvgIpc) is 2.67. The number of benzene rings is 1. The van der Waals surface area contributed by atoms with Crippen LogP contribution >= 0.6 is 0 Å². The number of amides is 2. The first kappa shape index (κ1) is 22.5. The second-order valence-corrected chi connectivity index (χ2v) is 6.43. The second kappa shape index (κ2) is 13.6. The van der Waals surface area contributed by atoms with Crippen LogP contribution in [0.2, 0.25) is 0 Å². The topological polar surface area (TPSA) is 105 Å². The SMILES string of the molecule is CCCCCCCC[C@H](NC(=O)CNC(=O)OCc1ccccc1)C(=O)O. The maximum absolute atomic E-state index is 11.9. The van der Waals surface area contributed by atoms with Gasteiger partial charge in [-0.1, -0.05) is 75.8 Å². The van der Waals surface area contributed by atoms with Gasteiger partial charge in [0.05, 0.1) is 0 Å². The van der Waals surface area contributed by atoms with E-state index in [2.05, 4.69) is 17.6 Å². The van der Waals surface area contributed by atoms with E-state index >= 15 is 0 Å². The molecule has 0 aliphatic rings. The lowest BCUT2D eigenvalue weighted by molar-refractivity contribution is -0.141. The lowest BCUT2D eigenvalue weighted by Crippen LogP contribution is -2.45. The predicted molar refractivity (Wildman–Crippen MR) is 102 cm³/mol. The number of hydrogen-bond acceptors (Lipinski definition) is 4. The van der Waals surface area contributed by atoms with Crippen molar-refractivity contribution >= 4 is 18.0 Å². The van der Waals surface area contributed by atoms with E-state index in [1.165, 1.54) is 6.42 Å². The molecule has 1 rings (SSSR count). The molecule has 0 aliphatic heterocycles. The number of hydrogen-bond donors (Lipinski definition) is 3. The molecule has 0 unspecified atom stereocenters. The van der Waals surface area contributed by atoms with Crippen molar-refractivity contribution in [2.24, 2.45) is 0 Å². The molecule has 0 spiro atoms. The summed E-state index contributed by atoms with van der Waals surface area (Å²) in [6.07, 6.45) is 5.91.